The Balaban J connectivity index is 1.50. The Morgan fingerprint density at radius 3 is 2.55 bits per heavy atom. The number of aromatic nitrogens is 2. The normalized spacial score (nSPS) is 17.0. The zero-order chi connectivity index (χ0) is 26.8. The van der Waals surface area contributed by atoms with Crippen LogP contribution in [0.5, 0.6) is 5.75 Å². The molecule has 1 fully saturated rings. The van der Waals surface area contributed by atoms with E-state index >= 15 is 0 Å². The molecule has 38 heavy (non-hydrogen) atoms. The van der Waals surface area contributed by atoms with Crippen molar-refractivity contribution in [1.29, 1.82) is 0 Å². The largest absolute Gasteiger partial charge is 0.489 e. The summed E-state index contributed by atoms with van der Waals surface area (Å²) >= 11 is 1.54. The lowest BCUT2D eigenvalue weighted by Crippen LogP contribution is -2.41. The number of carbonyl (C=O) groups excluding carboxylic acids is 3. The van der Waals surface area contributed by atoms with Crippen molar-refractivity contribution >= 4 is 40.4 Å². The fourth-order valence-corrected chi connectivity index (χ4v) is 6.12. The van der Waals surface area contributed by atoms with E-state index in [1.807, 2.05) is 42.5 Å². The first-order chi connectivity index (χ1) is 18.3. The van der Waals surface area contributed by atoms with Crippen molar-refractivity contribution in [2.24, 2.45) is 0 Å². The molecule has 1 aliphatic heterocycles. The van der Waals surface area contributed by atoms with Crippen LogP contribution in [0.1, 0.15) is 33.8 Å². The van der Waals surface area contributed by atoms with E-state index in [4.69, 9.17) is 4.74 Å². The third-order valence-electron chi connectivity index (χ3n) is 6.52. The molecule has 0 bridgehead atoms. The molecular weight excluding hydrogens is 500 g/mol. The number of Topliss-reactive ketones (excluding diaryl/α,β-unsaturated/α-hetero) is 1. The van der Waals surface area contributed by atoms with Crippen LogP contribution in [0, 0.1) is 0 Å². The van der Waals surface area contributed by atoms with Crippen molar-refractivity contribution < 1.29 is 19.1 Å². The highest BCUT2D eigenvalue weighted by Crippen LogP contribution is 2.42. The van der Waals surface area contributed by atoms with Crippen LogP contribution in [0.4, 0.5) is 4.79 Å². The van der Waals surface area contributed by atoms with E-state index in [-0.39, 0.29) is 23.1 Å². The number of fused-ring (bicyclic) bond motifs is 1. The van der Waals surface area contributed by atoms with Gasteiger partial charge in [0.15, 0.2) is 5.78 Å². The van der Waals surface area contributed by atoms with Crippen molar-refractivity contribution in [2.75, 3.05) is 19.8 Å². The number of pyridine rings is 1. The number of hydrogen-bond acceptors (Lipinski definition) is 6. The molecule has 0 N–H and O–H groups in total. The fraction of sp³-hybridized carbons (Fsp3) is 0.241. The maximum Gasteiger partial charge on any atom is 0.328 e. The minimum absolute atomic E-state index is 0.188. The summed E-state index contributed by atoms with van der Waals surface area (Å²) in [5.41, 5.74) is 2.86. The molecule has 2 atom stereocenters. The Bertz CT molecular complexity index is 1490. The molecule has 0 aliphatic carbocycles. The summed E-state index contributed by atoms with van der Waals surface area (Å²) in [6, 6.07) is 18.0. The fourth-order valence-electron chi connectivity index (χ4n) is 4.66. The number of nitrogens with zero attached hydrogens (tertiary/aromatic N) is 4. The number of thioether (sulfide) groups is 1. The minimum Gasteiger partial charge on any atom is -0.489 e. The highest BCUT2D eigenvalue weighted by Gasteiger charge is 2.42. The Kier molecular flexibility index (Phi) is 7.20. The van der Waals surface area contributed by atoms with Gasteiger partial charge in [0, 0.05) is 67.9 Å². The first kappa shape index (κ1) is 25.5. The van der Waals surface area contributed by atoms with Gasteiger partial charge >= 0.3 is 6.03 Å². The molecular formula is C29H28N4O4S. The van der Waals surface area contributed by atoms with E-state index in [1.54, 1.807) is 55.8 Å². The maximum atomic E-state index is 14.0. The molecule has 2 unspecified atom stereocenters. The number of carbonyl (C=O) groups is 3. The molecule has 1 aliphatic rings. The SMILES string of the molecule is CC(=O)N1C(C(=O)c2cn(C(=O)N(C)C)c3cc(OCc4ccccc4)ccc23)CSC1c1cccnc1. The lowest BCUT2D eigenvalue weighted by Gasteiger charge is -2.27. The van der Waals surface area contributed by atoms with E-state index < -0.39 is 6.04 Å². The number of ether oxygens (including phenoxy) is 1. The molecule has 2 aromatic carbocycles. The lowest BCUT2D eigenvalue weighted by molar-refractivity contribution is -0.130. The predicted molar refractivity (Wildman–Crippen MR) is 147 cm³/mol. The van der Waals surface area contributed by atoms with Crippen LogP contribution in [0.25, 0.3) is 10.9 Å². The standard InChI is InChI=1S/C29H28N4O4S/c1-19(34)33-26(18-38-28(33)21-10-7-13-30-15-21)27(35)24-16-32(29(36)31(2)3)25-14-22(11-12-23(24)25)37-17-20-8-5-4-6-9-20/h4-16,26,28H,17-18H2,1-3H3. The van der Waals surface area contributed by atoms with Gasteiger partial charge < -0.3 is 14.5 Å². The van der Waals surface area contributed by atoms with Crippen LogP contribution in [-0.4, -0.2) is 63.0 Å². The zero-order valence-electron chi connectivity index (χ0n) is 21.4. The van der Waals surface area contributed by atoms with Crippen LogP contribution >= 0.6 is 11.8 Å². The molecule has 4 aromatic rings. The molecule has 2 amide bonds. The molecule has 9 heteroatoms. The summed E-state index contributed by atoms with van der Waals surface area (Å²) in [5.74, 6) is 0.647. The van der Waals surface area contributed by atoms with Gasteiger partial charge in [-0.1, -0.05) is 36.4 Å². The van der Waals surface area contributed by atoms with Crippen LogP contribution < -0.4 is 4.74 Å². The monoisotopic (exact) mass is 528 g/mol. The van der Waals surface area contributed by atoms with Crippen molar-refractivity contribution in [1.82, 2.24) is 19.4 Å². The van der Waals surface area contributed by atoms with E-state index in [0.29, 0.717) is 34.6 Å². The van der Waals surface area contributed by atoms with Gasteiger partial charge in [0.25, 0.3) is 0 Å². The molecule has 194 valence electrons. The van der Waals surface area contributed by atoms with Gasteiger partial charge in [0.05, 0.1) is 5.52 Å². The van der Waals surface area contributed by atoms with Crippen LogP contribution in [-0.2, 0) is 11.4 Å². The maximum absolute atomic E-state index is 14.0. The summed E-state index contributed by atoms with van der Waals surface area (Å²) < 4.78 is 7.46. The van der Waals surface area contributed by atoms with E-state index in [1.165, 1.54) is 28.2 Å². The Morgan fingerprint density at radius 2 is 1.87 bits per heavy atom. The zero-order valence-corrected chi connectivity index (χ0v) is 22.2. The molecule has 2 aromatic heterocycles. The van der Waals surface area contributed by atoms with Gasteiger partial charge in [-0.3, -0.25) is 19.1 Å². The number of ketones is 1. The molecule has 8 nitrogen and oxygen atoms in total. The van der Waals surface area contributed by atoms with E-state index in [2.05, 4.69) is 4.98 Å². The smallest absolute Gasteiger partial charge is 0.328 e. The molecule has 0 radical (unpaired) electrons. The summed E-state index contributed by atoms with van der Waals surface area (Å²) in [4.78, 5) is 47.0. The molecule has 5 rings (SSSR count). The van der Waals surface area contributed by atoms with Crippen molar-refractivity contribution in [3.05, 3.63) is 95.9 Å². The topological polar surface area (TPSA) is 84.7 Å². The Hall–Kier alpha value is -4.11. The van der Waals surface area contributed by atoms with E-state index in [9.17, 15) is 14.4 Å². The molecule has 0 spiro atoms. The number of amides is 2. The average molecular weight is 529 g/mol. The number of hydrogen-bond donors (Lipinski definition) is 0. The summed E-state index contributed by atoms with van der Waals surface area (Å²) in [6.45, 7) is 1.85. The summed E-state index contributed by atoms with van der Waals surface area (Å²) in [7, 11) is 3.32. The third-order valence-corrected chi connectivity index (χ3v) is 7.84. The molecule has 3 heterocycles. The number of rotatable bonds is 6. The second-order valence-corrected chi connectivity index (χ2v) is 10.4. The predicted octanol–water partition coefficient (Wildman–Crippen LogP) is 4.99. The minimum atomic E-state index is -0.662. The summed E-state index contributed by atoms with van der Waals surface area (Å²) in [6.07, 6.45) is 4.98. The number of benzene rings is 2. The Labute approximate surface area is 225 Å². The van der Waals surface area contributed by atoms with Gasteiger partial charge in [0.2, 0.25) is 5.91 Å². The average Bonchev–Trinajstić information content (AvgIpc) is 3.54. The van der Waals surface area contributed by atoms with Gasteiger partial charge in [-0.15, -0.1) is 11.8 Å². The van der Waals surface area contributed by atoms with Gasteiger partial charge in [0.1, 0.15) is 23.8 Å². The Morgan fingerprint density at radius 1 is 1.08 bits per heavy atom. The summed E-state index contributed by atoms with van der Waals surface area (Å²) in [5, 5.41) is 0.334. The second kappa shape index (κ2) is 10.7. The van der Waals surface area contributed by atoms with Crippen molar-refractivity contribution in [3.63, 3.8) is 0 Å². The first-order valence-electron chi connectivity index (χ1n) is 12.2. The highest BCUT2D eigenvalue weighted by atomic mass is 32.2. The van der Waals surface area contributed by atoms with Crippen LogP contribution in [0.15, 0.2) is 79.3 Å². The van der Waals surface area contributed by atoms with Crippen molar-refractivity contribution in [3.8, 4) is 5.75 Å². The highest BCUT2D eigenvalue weighted by molar-refractivity contribution is 7.99. The van der Waals surface area contributed by atoms with Gasteiger partial charge in [-0.05, 0) is 23.8 Å². The second-order valence-electron chi connectivity index (χ2n) is 9.32. The quantitative estimate of drug-likeness (QED) is 0.328. The van der Waals surface area contributed by atoms with Crippen LogP contribution in [0.2, 0.25) is 0 Å². The van der Waals surface area contributed by atoms with Crippen molar-refractivity contribution in [2.45, 2.75) is 24.9 Å². The van der Waals surface area contributed by atoms with E-state index in [0.717, 1.165) is 11.1 Å². The van der Waals surface area contributed by atoms with Gasteiger partial charge in [-0.25, -0.2) is 4.79 Å². The first-order valence-corrected chi connectivity index (χ1v) is 13.3. The van der Waals surface area contributed by atoms with Crippen LogP contribution in [0.3, 0.4) is 0 Å². The van der Waals surface area contributed by atoms with Gasteiger partial charge in [-0.2, -0.15) is 0 Å². The molecule has 1 saturated heterocycles. The third kappa shape index (κ3) is 4.89. The molecule has 0 saturated carbocycles. The lowest BCUT2D eigenvalue weighted by atomic mass is 10.0.